The van der Waals surface area contributed by atoms with E-state index in [4.69, 9.17) is 23.8 Å². The molecule has 1 atom stereocenters. The van der Waals surface area contributed by atoms with Gasteiger partial charge in [-0.05, 0) is 55.8 Å². The van der Waals surface area contributed by atoms with Crippen LogP contribution in [0.2, 0.25) is 0 Å². The molecule has 0 aliphatic carbocycles. The van der Waals surface area contributed by atoms with E-state index in [1.54, 1.807) is 43.6 Å². The lowest BCUT2D eigenvalue weighted by Crippen LogP contribution is -2.33. The van der Waals surface area contributed by atoms with Crippen LogP contribution in [-0.2, 0) is 16.1 Å². The van der Waals surface area contributed by atoms with Crippen molar-refractivity contribution < 1.29 is 71.6 Å². The fourth-order valence-corrected chi connectivity index (χ4v) is 4.74. The third-order valence-electron chi connectivity index (χ3n) is 7.26. The van der Waals surface area contributed by atoms with E-state index in [1.165, 1.54) is 6.39 Å². The number of alkyl halides is 3. The molecule has 0 fully saturated rings. The number of hydrogen-bond donors (Lipinski definition) is 4. The molecular formula is C35H47F6N5O9. The van der Waals surface area contributed by atoms with Crippen molar-refractivity contribution in [2.24, 2.45) is 0 Å². The first-order valence-corrected chi connectivity index (χ1v) is 15.6. The van der Waals surface area contributed by atoms with Crippen molar-refractivity contribution in [2.45, 2.75) is 52.1 Å². The third-order valence-corrected chi connectivity index (χ3v) is 7.26. The van der Waals surface area contributed by atoms with Crippen LogP contribution in [0.4, 0.5) is 48.2 Å². The first-order chi connectivity index (χ1) is 23.8. The molecule has 0 saturated heterocycles. The number of anilines is 2. The van der Waals surface area contributed by atoms with Crippen LogP contribution in [0.3, 0.4) is 0 Å². The van der Waals surface area contributed by atoms with E-state index in [0.29, 0.717) is 35.3 Å². The average molecular weight is 796 g/mol. The Morgan fingerprint density at radius 2 is 1.55 bits per heavy atom. The molecule has 1 aromatic heterocycles. The number of rotatable bonds is 13. The van der Waals surface area contributed by atoms with Crippen molar-refractivity contribution >= 4 is 29.5 Å². The molecule has 3 aromatic carbocycles. The molecule has 3 amide bonds. The van der Waals surface area contributed by atoms with Gasteiger partial charge in [-0.2, -0.15) is 13.2 Å². The molecule has 0 radical (unpaired) electrons. The van der Waals surface area contributed by atoms with Gasteiger partial charge in [0.25, 0.3) is 0 Å². The number of alkyl carbamates (subject to hydrolysis) is 1. The summed E-state index contributed by atoms with van der Waals surface area (Å²) < 4.78 is 48.4. The Kier molecular flexibility index (Phi) is 25.3. The van der Waals surface area contributed by atoms with Crippen LogP contribution >= 0.6 is 0 Å². The minimum absolute atomic E-state index is 0. The number of methoxy groups -OCH3 is 1. The van der Waals surface area contributed by atoms with Crippen molar-refractivity contribution in [3.05, 3.63) is 96.5 Å². The van der Waals surface area contributed by atoms with Crippen LogP contribution in [0.25, 0.3) is 11.3 Å². The molecule has 8 N–H and O–H groups in total. The smallest absolute Gasteiger partial charge is 0.490 e. The minimum atomic E-state index is -5.08. The summed E-state index contributed by atoms with van der Waals surface area (Å²) in [6.45, 7) is 8.44. The molecule has 0 aliphatic heterocycles. The highest BCUT2D eigenvalue weighted by Gasteiger charge is 2.38. The fourth-order valence-electron chi connectivity index (χ4n) is 4.74. The van der Waals surface area contributed by atoms with E-state index in [1.807, 2.05) is 42.5 Å². The Morgan fingerprint density at radius 1 is 0.927 bits per heavy atom. The van der Waals surface area contributed by atoms with Crippen molar-refractivity contribution in [2.75, 3.05) is 30.8 Å². The SMILES string of the molecule is CCN(CCC(OC(=O)NCc1cccc(NC(=O)Nc2ccc(-c3cnco3)c(OC)c2)c1)c1ccccc1)C(C)C.F.F.F.O.O.O=C(O)C(F)(F)F. The summed E-state index contributed by atoms with van der Waals surface area (Å²) in [5.41, 5.74) is 3.60. The van der Waals surface area contributed by atoms with Gasteiger partial charge in [0.1, 0.15) is 11.9 Å². The van der Waals surface area contributed by atoms with Crippen LogP contribution in [0.15, 0.2) is 89.8 Å². The number of hydrogen-bond acceptors (Lipinski definition) is 8. The lowest BCUT2D eigenvalue weighted by atomic mass is 10.1. The summed E-state index contributed by atoms with van der Waals surface area (Å²) in [7, 11) is 1.54. The molecule has 0 saturated carbocycles. The summed E-state index contributed by atoms with van der Waals surface area (Å²) in [5.74, 6) is -1.66. The summed E-state index contributed by atoms with van der Waals surface area (Å²) in [4.78, 5) is 40.7. The number of amides is 3. The second-order valence-corrected chi connectivity index (χ2v) is 11.0. The molecule has 0 bridgehead atoms. The molecule has 4 aromatic rings. The summed E-state index contributed by atoms with van der Waals surface area (Å²) >= 11 is 0. The number of carboxylic acids is 1. The van der Waals surface area contributed by atoms with E-state index in [9.17, 15) is 22.8 Å². The van der Waals surface area contributed by atoms with E-state index in [-0.39, 0.29) is 37.7 Å². The third kappa shape index (κ3) is 17.7. The van der Waals surface area contributed by atoms with Gasteiger partial charge < -0.3 is 50.8 Å². The van der Waals surface area contributed by atoms with Gasteiger partial charge in [0.15, 0.2) is 12.2 Å². The first kappa shape index (κ1) is 53.5. The second kappa shape index (κ2) is 26.0. The lowest BCUT2D eigenvalue weighted by Gasteiger charge is -2.27. The lowest BCUT2D eigenvalue weighted by molar-refractivity contribution is -0.192. The molecule has 55 heavy (non-hydrogen) atoms. The molecule has 1 heterocycles. The molecule has 0 aliphatic rings. The maximum atomic E-state index is 12.8. The highest BCUT2D eigenvalue weighted by Crippen LogP contribution is 2.32. The molecule has 14 nitrogen and oxygen atoms in total. The van der Waals surface area contributed by atoms with E-state index >= 15 is 0 Å². The zero-order valence-electron chi connectivity index (χ0n) is 30.2. The fraction of sp³-hybridized carbons (Fsp3) is 0.314. The Labute approximate surface area is 312 Å². The molecule has 4 rings (SSSR count). The number of ether oxygens (including phenoxy) is 2. The maximum absolute atomic E-state index is 12.8. The van der Waals surface area contributed by atoms with Gasteiger partial charge in [0.2, 0.25) is 0 Å². The van der Waals surface area contributed by atoms with Crippen LogP contribution in [0.5, 0.6) is 5.75 Å². The normalized spacial score (nSPS) is 10.6. The van der Waals surface area contributed by atoms with Crippen LogP contribution in [-0.4, -0.2) is 76.5 Å². The van der Waals surface area contributed by atoms with Gasteiger partial charge in [-0.25, -0.2) is 19.4 Å². The Hall–Kier alpha value is -5.86. The van der Waals surface area contributed by atoms with E-state index in [0.717, 1.165) is 29.8 Å². The molecule has 0 spiro atoms. The predicted octanol–water partition coefficient (Wildman–Crippen LogP) is 6.52. The summed E-state index contributed by atoms with van der Waals surface area (Å²) in [6, 6.07) is 22.3. The Morgan fingerprint density at radius 3 is 2.07 bits per heavy atom. The highest BCUT2D eigenvalue weighted by atomic mass is 19.4. The van der Waals surface area contributed by atoms with Crippen LogP contribution < -0.4 is 20.7 Å². The van der Waals surface area contributed by atoms with Crippen molar-refractivity contribution in [3.63, 3.8) is 0 Å². The average Bonchev–Trinajstić information content (AvgIpc) is 3.62. The van der Waals surface area contributed by atoms with Gasteiger partial charge in [-0.1, -0.05) is 49.4 Å². The summed E-state index contributed by atoms with van der Waals surface area (Å²) in [5, 5.41) is 15.6. The number of nitrogens with one attached hydrogen (secondary N) is 3. The number of oxazole rings is 1. The summed E-state index contributed by atoms with van der Waals surface area (Å²) in [6.07, 6.45) is -2.33. The van der Waals surface area contributed by atoms with E-state index < -0.39 is 24.3 Å². The molecule has 20 heteroatoms. The van der Waals surface area contributed by atoms with Gasteiger partial charge in [-0.3, -0.25) is 14.1 Å². The number of aromatic nitrogens is 1. The van der Waals surface area contributed by atoms with Crippen LogP contribution in [0.1, 0.15) is 44.4 Å². The Bertz CT molecular complexity index is 1690. The molecular weight excluding hydrogens is 748 g/mol. The quantitative estimate of drug-likeness (QED) is 0.108. The number of carbonyl (C=O) groups excluding carboxylic acids is 2. The topological polar surface area (TPSA) is 218 Å². The Balaban J connectivity index is -0.00000206. The number of benzene rings is 3. The number of urea groups is 1. The van der Waals surface area contributed by atoms with Crippen LogP contribution in [0, 0.1) is 0 Å². The number of aliphatic carboxylic acids is 1. The van der Waals surface area contributed by atoms with E-state index in [2.05, 4.69) is 46.6 Å². The number of nitrogens with zero attached hydrogens (tertiary/aromatic N) is 2. The predicted molar refractivity (Wildman–Crippen MR) is 196 cm³/mol. The van der Waals surface area contributed by atoms with Crippen molar-refractivity contribution in [3.8, 4) is 17.1 Å². The number of carbonyl (C=O) groups is 3. The largest absolute Gasteiger partial charge is 0.496 e. The van der Waals surface area contributed by atoms with Crippen molar-refractivity contribution in [1.29, 1.82) is 0 Å². The zero-order valence-corrected chi connectivity index (χ0v) is 30.2. The van der Waals surface area contributed by atoms with Gasteiger partial charge in [0.05, 0.1) is 18.9 Å². The highest BCUT2D eigenvalue weighted by molar-refractivity contribution is 6.00. The van der Waals surface area contributed by atoms with Gasteiger partial charge >= 0.3 is 24.3 Å². The van der Waals surface area contributed by atoms with Gasteiger partial charge in [-0.15, -0.1) is 0 Å². The monoisotopic (exact) mass is 795 g/mol. The van der Waals surface area contributed by atoms with Crippen molar-refractivity contribution in [1.82, 2.24) is 15.2 Å². The maximum Gasteiger partial charge on any atom is 0.490 e. The first-order valence-electron chi connectivity index (χ1n) is 15.6. The molecule has 308 valence electrons. The standard InChI is InChI=1S/C33H39N5O5.C2HF3O2.3FH.2H2O/c1-5-38(23(2)3)17-16-29(25-11-7-6-8-12-25)43-33(40)35-20-24-10-9-13-26(18-24)36-32(39)37-27-14-15-28(30(19-27)41-4)31-21-34-22-42-31;3-2(4,5)1(6)7;;;;;/h6-15,18-19,21-23,29H,5,16-17,20H2,1-4H3,(H,35,40)(H2,36,37,39);(H,6,7);3*1H;2*1H2. The zero-order chi connectivity index (χ0) is 36.7. The second-order valence-electron chi connectivity index (χ2n) is 11.0. The molecule has 1 unspecified atom stereocenters. The number of carboxylic acid groups (broad SMARTS) is 1. The minimum Gasteiger partial charge on any atom is -0.496 e. The van der Waals surface area contributed by atoms with Gasteiger partial charge in [0, 0.05) is 43.0 Å². The number of halogens is 6.